The highest BCUT2D eigenvalue weighted by Crippen LogP contribution is 2.26. The van der Waals surface area contributed by atoms with Gasteiger partial charge in [0, 0.05) is 35.7 Å². The highest BCUT2D eigenvalue weighted by Gasteiger charge is 2.29. The highest BCUT2D eigenvalue weighted by atomic mass is 35.5. The van der Waals surface area contributed by atoms with Crippen LogP contribution < -0.4 is 0 Å². The van der Waals surface area contributed by atoms with Crippen molar-refractivity contribution in [1.82, 2.24) is 10.1 Å². The van der Waals surface area contributed by atoms with Crippen LogP contribution >= 0.6 is 11.6 Å². The monoisotopic (exact) mass is 362 g/mol. The minimum Gasteiger partial charge on any atom is -0.481 e. The Morgan fingerprint density at radius 3 is 2.76 bits per heavy atom. The topological polar surface area (TPSA) is 83.6 Å². The SMILES string of the molecule is O=C(O)CCC1CCCCN1C(=O)c1cc(-c2ccc(Cl)cc2)on1. The number of aliphatic carboxylic acids is 1. The average molecular weight is 363 g/mol. The zero-order valence-corrected chi connectivity index (χ0v) is 14.4. The smallest absolute Gasteiger partial charge is 0.303 e. The molecule has 1 aliphatic rings. The van der Waals surface area contributed by atoms with Gasteiger partial charge in [0.15, 0.2) is 11.5 Å². The average Bonchev–Trinajstić information content (AvgIpc) is 3.10. The number of nitrogens with zero attached hydrogens (tertiary/aromatic N) is 2. The number of hydrogen-bond donors (Lipinski definition) is 1. The lowest BCUT2D eigenvalue weighted by Crippen LogP contribution is -2.44. The summed E-state index contributed by atoms with van der Waals surface area (Å²) in [6.45, 7) is 0.617. The molecule has 1 amide bonds. The fourth-order valence-electron chi connectivity index (χ4n) is 3.13. The summed E-state index contributed by atoms with van der Waals surface area (Å²) in [5, 5.41) is 13.4. The van der Waals surface area contributed by atoms with E-state index in [9.17, 15) is 9.59 Å². The summed E-state index contributed by atoms with van der Waals surface area (Å²) in [5.74, 6) is -0.553. The van der Waals surface area contributed by atoms with Crippen molar-refractivity contribution in [2.45, 2.75) is 38.1 Å². The summed E-state index contributed by atoms with van der Waals surface area (Å²) >= 11 is 5.88. The van der Waals surface area contributed by atoms with Crippen molar-refractivity contribution in [3.8, 4) is 11.3 Å². The Labute approximate surface area is 150 Å². The Hall–Kier alpha value is -2.34. The predicted octanol–water partition coefficient (Wildman–Crippen LogP) is 3.85. The van der Waals surface area contributed by atoms with Crippen LogP contribution in [-0.2, 0) is 4.79 Å². The number of halogens is 1. The normalized spacial score (nSPS) is 17.5. The fraction of sp³-hybridized carbons (Fsp3) is 0.389. The van der Waals surface area contributed by atoms with Crippen LogP contribution in [0.25, 0.3) is 11.3 Å². The summed E-state index contributed by atoms with van der Waals surface area (Å²) in [5.41, 5.74) is 1.03. The standard InChI is InChI=1S/C18H19ClN2O4/c19-13-6-4-12(5-7-13)16-11-15(20-25-16)18(24)21-10-2-1-3-14(21)8-9-17(22)23/h4-7,11,14H,1-3,8-10H2,(H,22,23). The Morgan fingerprint density at radius 2 is 2.04 bits per heavy atom. The van der Waals surface area contributed by atoms with Gasteiger partial charge in [-0.05, 0) is 49.9 Å². The number of piperidine rings is 1. The van der Waals surface area contributed by atoms with Crippen molar-refractivity contribution < 1.29 is 19.2 Å². The summed E-state index contributed by atoms with van der Waals surface area (Å²) in [4.78, 5) is 25.4. The van der Waals surface area contributed by atoms with Gasteiger partial charge in [-0.1, -0.05) is 16.8 Å². The molecular weight excluding hydrogens is 344 g/mol. The van der Waals surface area contributed by atoms with Crippen LogP contribution in [0.15, 0.2) is 34.9 Å². The number of carboxylic acid groups (broad SMARTS) is 1. The molecule has 132 valence electrons. The molecule has 1 unspecified atom stereocenters. The van der Waals surface area contributed by atoms with Gasteiger partial charge in [0.1, 0.15) is 0 Å². The van der Waals surface area contributed by atoms with Gasteiger partial charge in [0.2, 0.25) is 0 Å². The van der Waals surface area contributed by atoms with Crippen molar-refractivity contribution in [3.05, 3.63) is 41.0 Å². The number of hydrogen-bond acceptors (Lipinski definition) is 4. The molecule has 2 aromatic rings. The maximum Gasteiger partial charge on any atom is 0.303 e. The number of carboxylic acids is 1. The molecule has 0 spiro atoms. The number of likely N-dealkylation sites (tertiary alicyclic amines) is 1. The maximum atomic E-state index is 12.8. The first-order valence-electron chi connectivity index (χ1n) is 8.30. The molecule has 1 N–H and O–H groups in total. The zero-order valence-electron chi connectivity index (χ0n) is 13.7. The van der Waals surface area contributed by atoms with E-state index >= 15 is 0 Å². The van der Waals surface area contributed by atoms with Crippen LogP contribution in [0.1, 0.15) is 42.6 Å². The molecule has 0 saturated carbocycles. The molecule has 25 heavy (non-hydrogen) atoms. The zero-order chi connectivity index (χ0) is 17.8. The molecule has 3 rings (SSSR count). The lowest BCUT2D eigenvalue weighted by atomic mass is 9.97. The molecule has 1 fully saturated rings. The first-order valence-corrected chi connectivity index (χ1v) is 8.68. The van der Waals surface area contributed by atoms with Gasteiger partial charge >= 0.3 is 5.97 Å². The van der Waals surface area contributed by atoms with E-state index in [1.165, 1.54) is 0 Å². The molecule has 0 aliphatic carbocycles. The number of aromatic nitrogens is 1. The number of rotatable bonds is 5. The molecule has 0 radical (unpaired) electrons. The van der Waals surface area contributed by atoms with Gasteiger partial charge in [-0.25, -0.2) is 0 Å². The molecule has 1 saturated heterocycles. The van der Waals surface area contributed by atoms with Crippen LogP contribution in [-0.4, -0.2) is 39.6 Å². The second kappa shape index (κ2) is 7.70. The number of benzene rings is 1. The summed E-state index contributed by atoms with van der Waals surface area (Å²) in [7, 11) is 0. The Kier molecular flexibility index (Phi) is 5.38. The third kappa shape index (κ3) is 4.20. The molecule has 1 aromatic carbocycles. The van der Waals surface area contributed by atoms with Crippen molar-refractivity contribution in [2.75, 3.05) is 6.54 Å². The number of amides is 1. The molecule has 0 bridgehead atoms. The maximum absolute atomic E-state index is 12.8. The Bertz CT molecular complexity index is 757. The van der Waals surface area contributed by atoms with Gasteiger partial charge in [-0.3, -0.25) is 9.59 Å². The minimum atomic E-state index is -0.843. The largest absolute Gasteiger partial charge is 0.481 e. The van der Waals surface area contributed by atoms with Gasteiger partial charge in [-0.15, -0.1) is 0 Å². The van der Waals surface area contributed by atoms with E-state index in [2.05, 4.69) is 5.16 Å². The molecule has 7 heteroatoms. The summed E-state index contributed by atoms with van der Waals surface area (Å²) in [6.07, 6.45) is 3.26. The molecule has 1 aromatic heterocycles. The van der Waals surface area contributed by atoms with E-state index in [1.54, 1.807) is 35.2 Å². The lowest BCUT2D eigenvalue weighted by Gasteiger charge is -2.35. The van der Waals surface area contributed by atoms with Crippen LogP contribution in [0.4, 0.5) is 0 Å². The van der Waals surface area contributed by atoms with Gasteiger partial charge in [0.05, 0.1) is 0 Å². The Morgan fingerprint density at radius 1 is 1.28 bits per heavy atom. The first-order chi connectivity index (χ1) is 12.0. The van der Waals surface area contributed by atoms with Crippen LogP contribution in [0.3, 0.4) is 0 Å². The third-order valence-corrected chi connectivity index (χ3v) is 4.69. The number of carbonyl (C=O) groups is 2. The Balaban J connectivity index is 1.75. The van der Waals surface area contributed by atoms with Crippen LogP contribution in [0, 0.1) is 0 Å². The van der Waals surface area contributed by atoms with Crippen molar-refractivity contribution in [3.63, 3.8) is 0 Å². The minimum absolute atomic E-state index is 0.0588. The van der Waals surface area contributed by atoms with E-state index < -0.39 is 5.97 Å². The molecule has 2 heterocycles. The molecule has 6 nitrogen and oxygen atoms in total. The first kappa shape index (κ1) is 17.5. The molecular formula is C18H19ClN2O4. The van der Waals surface area contributed by atoms with E-state index in [4.69, 9.17) is 21.2 Å². The van der Waals surface area contributed by atoms with E-state index in [0.717, 1.165) is 24.8 Å². The van der Waals surface area contributed by atoms with Crippen LogP contribution in [0.2, 0.25) is 5.02 Å². The quantitative estimate of drug-likeness (QED) is 0.873. The van der Waals surface area contributed by atoms with Gasteiger partial charge < -0.3 is 14.5 Å². The molecule has 1 aliphatic heterocycles. The third-order valence-electron chi connectivity index (χ3n) is 4.44. The highest BCUT2D eigenvalue weighted by molar-refractivity contribution is 6.30. The summed E-state index contributed by atoms with van der Waals surface area (Å²) in [6, 6.07) is 8.64. The second-order valence-corrected chi connectivity index (χ2v) is 6.60. The van der Waals surface area contributed by atoms with Gasteiger partial charge in [-0.2, -0.15) is 0 Å². The molecule has 1 atom stereocenters. The van der Waals surface area contributed by atoms with E-state index in [-0.39, 0.29) is 24.1 Å². The fourth-order valence-corrected chi connectivity index (χ4v) is 3.26. The number of carbonyl (C=O) groups excluding carboxylic acids is 1. The lowest BCUT2D eigenvalue weighted by molar-refractivity contribution is -0.137. The predicted molar refractivity (Wildman–Crippen MR) is 92.5 cm³/mol. The van der Waals surface area contributed by atoms with Crippen molar-refractivity contribution >= 4 is 23.5 Å². The van der Waals surface area contributed by atoms with Crippen LogP contribution in [0.5, 0.6) is 0 Å². The van der Waals surface area contributed by atoms with E-state index in [0.29, 0.717) is 23.7 Å². The van der Waals surface area contributed by atoms with Crippen molar-refractivity contribution in [2.24, 2.45) is 0 Å². The summed E-state index contributed by atoms with van der Waals surface area (Å²) < 4.78 is 5.30. The van der Waals surface area contributed by atoms with Crippen molar-refractivity contribution in [1.29, 1.82) is 0 Å². The van der Waals surface area contributed by atoms with Gasteiger partial charge in [0.25, 0.3) is 5.91 Å². The van der Waals surface area contributed by atoms with E-state index in [1.807, 2.05) is 0 Å². The second-order valence-electron chi connectivity index (χ2n) is 6.16.